The van der Waals surface area contributed by atoms with Crippen molar-refractivity contribution in [3.8, 4) is 0 Å². The predicted molar refractivity (Wildman–Crippen MR) is 118 cm³/mol. The number of benzene rings is 2. The van der Waals surface area contributed by atoms with Crippen LogP contribution in [0.3, 0.4) is 0 Å². The molecule has 0 amide bonds. The minimum Gasteiger partial charge on any atom is -0.368 e. The highest BCUT2D eigenvalue weighted by molar-refractivity contribution is 5.91. The molecule has 144 valence electrons. The summed E-state index contributed by atoms with van der Waals surface area (Å²) in [5.74, 6) is 1.54. The first-order valence-electron chi connectivity index (χ1n) is 9.86. The van der Waals surface area contributed by atoms with Crippen molar-refractivity contribution in [2.75, 3.05) is 41.3 Å². The molecule has 0 atom stereocenters. The predicted octanol–water partition coefficient (Wildman–Crippen LogP) is 4.10. The van der Waals surface area contributed by atoms with Gasteiger partial charge < -0.3 is 15.1 Å². The number of aromatic nitrogens is 3. The Morgan fingerprint density at radius 3 is 2.34 bits per heavy atom. The standard InChI is InChI=1S/C23H22N6/c1-2-8-19(9-3-1)28-14-16-29(17-15-28)23-25-13-11-21(27-23)26-20-10-4-6-18-7-5-12-24-22(18)20/h1-13H,14-17H2,(H,25,26,27). The molecule has 3 heterocycles. The summed E-state index contributed by atoms with van der Waals surface area (Å²) in [5.41, 5.74) is 3.15. The fourth-order valence-electron chi connectivity index (χ4n) is 3.72. The molecule has 2 aromatic heterocycles. The smallest absolute Gasteiger partial charge is 0.227 e. The molecule has 4 aromatic rings. The molecule has 29 heavy (non-hydrogen) atoms. The third-order valence-corrected chi connectivity index (χ3v) is 5.22. The number of para-hydroxylation sites is 2. The average molecular weight is 382 g/mol. The van der Waals surface area contributed by atoms with Gasteiger partial charge in [-0.15, -0.1) is 0 Å². The normalized spacial score (nSPS) is 14.2. The van der Waals surface area contributed by atoms with Gasteiger partial charge in [-0.25, -0.2) is 4.98 Å². The molecule has 6 nitrogen and oxygen atoms in total. The Bertz CT molecular complexity index is 1100. The molecule has 1 fully saturated rings. The van der Waals surface area contributed by atoms with E-state index in [9.17, 15) is 0 Å². The number of hydrogen-bond acceptors (Lipinski definition) is 6. The zero-order chi connectivity index (χ0) is 19.5. The van der Waals surface area contributed by atoms with Crippen molar-refractivity contribution in [2.45, 2.75) is 0 Å². The maximum atomic E-state index is 4.75. The van der Waals surface area contributed by atoms with E-state index in [-0.39, 0.29) is 0 Å². The van der Waals surface area contributed by atoms with Gasteiger partial charge in [0.2, 0.25) is 5.95 Å². The molecule has 0 bridgehead atoms. The Balaban J connectivity index is 1.32. The fraction of sp³-hybridized carbons (Fsp3) is 0.174. The van der Waals surface area contributed by atoms with Crippen LogP contribution in [-0.4, -0.2) is 41.1 Å². The summed E-state index contributed by atoms with van der Waals surface area (Å²) in [6.07, 6.45) is 3.62. The lowest BCUT2D eigenvalue weighted by molar-refractivity contribution is 0.640. The van der Waals surface area contributed by atoms with Gasteiger partial charge in [0, 0.05) is 49.6 Å². The van der Waals surface area contributed by atoms with E-state index >= 15 is 0 Å². The summed E-state index contributed by atoms with van der Waals surface area (Å²) in [4.78, 5) is 18.4. The van der Waals surface area contributed by atoms with Crippen LogP contribution in [-0.2, 0) is 0 Å². The van der Waals surface area contributed by atoms with E-state index in [4.69, 9.17) is 4.98 Å². The maximum Gasteiger partial charge on any atom is 0.227 e. The van der Waals surface area contributed by atoms with Gasteiger partial charge >= 0.3 is 0 Å². The number of nitrogens with one attached hydrogen (secondary N) is 1. The van der Waals surface area contributed by atoms with Crippen LogP contribution in [0.1, 0.15) is 0 Å². The molecule has 5 rings (SSSR count). The molecule has 1 saturated heterocycles. The first-order valence-corrected chi connectivity index (χ1v) is 9.86. The number of hydrogen-bond donors (Lipinski definition) is 1. The molecule has 6 heteroatoms. The molecule has 0 spiro atoms. The Labute approximate surface area is 169 Å². The van der Waals surface area contributed by atoms with Crippen molar-refractivity contribution in [1.82, 2.24) is 15.0 Å². The van der Waals surface area contributed by atoms with Crippen LogP contribution in [0.15, 0.2) is 79.1 Å². The zero-order valence-electron chi connectivity index (χ0n) is 16.1. The molecule has 1 aliphatic heterocycles. The van der Waals surface area contributed by atoms with Crippen molar-refractivity contribution >= 4 is 34.0 Å². The average Bonchev–Trinajstić information content (AvgIpc) is 2.80. The van der Waals surface area contributed by atoms with E-state index in [1.807, 2.05) is 36.7 Å². The third kappa shape index (κ3) is 3.69. The summed E-state index contributed by atoms with van der Waals surface area (Å²) in [7, 11) is 0. The van der Waals surface area contributed by atoms with E-state index < -0.39 is 0 Å². The molecular formula is C23H22N6. The zero-order valence-corrected chi connectivity index (χ0v) is 16.1. The minimum atomic E-state index is 0.760. The second-order valence-electron chi connectivity index (χ2n) is 7.06. The van der Waals surface area contributed by atoms with Gasteiger partial charge in [0.15, 0.2) is 0 Å². The number of nitrogens with zero attached hydrogens (tertiary/aromatic N) is 5. The van der Waals surface area contributed by atoms with Gasteiger partial charge in [-0.3, -0.25) is 4.98 Å². The monoisotopic (exact) mass is 382 g/mol. The number of fused-ring (bicyclic) bond motifs is 1. The van der Waals surface area contributed by atoms with Crippen LogP contribution >= 0.6 is 0 Å². The SMILES string of the molecule is c1ccc(N2CCN(c3nccc(Nc4cccc5cccnc45)n3)CC2)cc1. The van der Waals surface area contributed by atoms with Crippen molar-refractivity contribution in [3.63, 3.8) is 0 Å². The highest BCUT2D eigenvalue weighted by atomic mass is 15.3. The number of rotatable bonds is 4. The first kappa shape index (κ1) is 17.4. The molecule has 0 saturated carbocycles. The highest BCUT2D eigenvalue weighted by Crippen LogP contribution is 2.25. The van der Waals surface area contributed by atoms with E-state index in [1.165, 1.54) is 5.69 Å². The van der Waals surface area contributed by atoms with Gasteiger partial charge in [0.05, 0.1) is 11.2 Å². The highest BCUT2D eigenvalue weighted by Gasteiger charge is 2.19. The number of anilines is 4. The van der Waals surface area contributed by atoms with Crippen molar-refractivity contribution < 1.29 is 0 Å². The topological polar surface area (TPSA) is 57.2 Å². The lowest BCUT2D eigenvalue weighted by atomic mass is 10.2. The summed E-state index contributed by atoms with van der Waals surface area (Å²) in [5, 5.41) is 4.51. The molecule has 0 radical (unpaired) electrons. The largest absolute Gasteiger partial charge is 0.368 e. The lowest BCUT2D eigenvalue weighted by Crippen LogP contribution is -2.47. The van der Waals surface area contributed by atoms with Crippen LogP contribution in [0.2, 0.25) is 0 Å². The van der Waals surface area contributed by atoms with E-state index in [2.05, 4.69) is 67.5 Å². The Kier molecular flexibility index (Phi) is 4.66. The number of pyridine rings is 1. The third-order valence-electron chi connectivity index (χ3n) is 5.22. The Morgan fingerprint density at radius 2 is 1.48 bits per heavy atom. The molecular weight excluding hydrogens is 360 g/mol. The van der Waals surface area contributed by atoms with E-state index in [0.29, 0.717) is 0 Å². The Hall–Kier alpha value is -3.67. The van der Waals surface area contributed by atoms with Crippen LogP contribution in [0.25, 0.3) is 10.9 Å². The minimum absolute atomic E-state index is 0.760. The second-order valence-corrected chi connectivity index (χ2v) is 7.06. The van der Waals surface area contributed by atoms with Gasteiger partial charge in [0.25, 0.3) is 0 Å². The van der Waals surface area contributed by atoms with Crippen LogP contribution in [0.5, 0.6) is 0 Å². The summed E-state index contributed by atoms with van der Waals surface area (Å²) < 4.78 is 0. The van der Waals surface area contributed by atoms with Gasteiger partial charge in [-0.2, -0.15) is 4.98 Å². The van der Waals surface area contributed by atoms with Crippen LogP contribution in [0.4, 0.5) is 23.1 Å². The van der Waals surface area contributed by atoms with Gasteiger partial charge in [0.1, 0.15) is 5.82 Å². The van der Waals surface area contributed by atoms with Crippen molar-refractivity contribution in [1.29, 1.82) is 0 Å². The molecule has 1 N–H and O–H groups in total. The number of piperazine rings is 1. The quantitative estimate of drug-likeness (QED) is 0.574. The van der Waals surface area contributed by atoms with Gasteiger partial charge in [-0.05, 0) is 30.3 Å². The van der Waals surface area contributed by atoms with Gasteiger partial charge in [-0.1, -0.05) is 36.4 Å². The van der Waals surface area contributed by atoms with E-state index in [0.717, 1.165) is 54.5 Å². The van der Waals surface area contributed by atoms with Crippen molar-refractivity contribution in [2.24, 2.45) is 0 Å². The summed E-state index contributed by atoms with van der Waals surface area (Å²) >= 11 is 0. The Morgan fingerprint density at radius 1 is 0.690 bits per heavy atom. The van der Waals surface area contributed by atoms with Crippen molar-refractivity contribution in [3.05, 3.63) is 79.1 Å². The maximum absolute atomic E-state index is 4.75. The molecule has 2 aromatic carbocycles. The second kappa shape index (κ2) is 7.75. The molecule has 1 aliphatic rings. The first-order chi connectivity index (χ1) is 14.4. The summed E-state index contributed by atoms with van der Waals surface area (Å²) in [6, 6.07) is 22.6. The van der Waals surface area contributed by atoms with E-state index in [1.54, 1.807) is 0 Å². The van der Waals surface area contributed by atoms with Crippen LogP contribution < -0.4 is 15.1 Å². The summed E-state index contributed by atoms with van der Waals surface area (Å²) in [6.45, 7) is 3.71. The molecule has 0 unspecified atom stereocenters. The molecule has 0 aliphatic carbocycles. The van der Waals surface area contributed by atoms with Crippen LogP contribution in [0, 0.1) is 0 Å². The fourth-order valence-corrected chi connectivity index (χ4v) is 3.72. The lowest BCUT2D eigenvalue weighted by Gasteiger charge is -2.36.